The summed E-state index contributed by atoms with van der Waals surface area (Å²) in [5.74, 6) is 2.47. The number of benzene rings is 3. The molecule has 210 valence electrons. The third-order valence-corrected chi connectivity index (χ3v) is 7.80. The molecule has 3 aromatic rings. The minimum Gasteiger partial charge on any atom is -0.508 e. The van der Waals surface area contributed by atoms with Crippen LogP contribution in [0.4, 0.5) is 0 Å². The highest BCUT2D eigenvalue weighted by molar-refractivity contribution is 8.00. The number of carbonyl (C=O) groups is 2. The molecule has 8 heteroatoms. The second-order valence-corrected chi connectivity index (χ2v) is 11.4. The summed E-state index contributed by atoms with van der Waals surface area (Å²) in [5, 5.41) is 8.83. The van der Waals surface area contributed by atoms with E-state index in [-0.39, 0.29) is 28.2 Å². The number of rotatable bonds is 13. The maximum atomic E-state index is 11.8. The molecular formula is C31H38O6S2. The van der Waals surface area contributed by atoms with E-state index in [1.165, 1.54) is 14.2 Å². The van der Waals surface area contributed by atoms with E-state index >= 15 is 0 Å². The quantitative estimate of drug-likeness (QED) is 0.239. The number of carbonyl (C=O) groups excluding carboxylic acids is 2. The Hall–Kier alpha value is -3.10. The van der Waals surface area contributed by atoms with Gasteiger partial charge in [-0.15, -0.1) is 23.5 Å². The van der Waals surface area contributed by atoms with Crippen molar-refractivity contribution in [1.82, 2.24) is 0 Å². The van der Waals surface area contributed by atoms with Crippen LogP contribution in [0.25, 0.3) is 0 Å². The number of phenols is 1. The van der Waals surface area contributed by atoms with Crippen molar-refractivity contribution in [2.75, 3.05) is 25.7 Å². The van der Waals surface area contributed by atoms with E-state index in [1.54, 1.807) is 35.7 Å². The number of aromatic hydroxyl groups is 1. The monoisotopic (exact) mass is 570 g/mol. The van der Waals surface area contributed by atoms with Crippen LogP contribution in [0.1, 0.15) is 30.5 Å². The molecule has 0 saturated heterocycles. The summed E-state index contributed by atoms with van der Waals surface area (Å²) in [6.45, 7) is 4.61. The first kappa shape index (κ1) is 32.1. The van der Waals surface area contributed by atoms with Gasteiger partial charge in [-0.05, 0) is 65.3 Å². The van der Waals surface area contributed by atoms with Crippen molar-refractivity contribution >= 4 is 35.5 Å². The van der Waals surface area contributed by atoms with Crippen LogP contribution < -0.4 is 4.74 Å². The van der Waals surface area contributed by atoms with E-state index in [4.69, 9.17) is 19.3 Å². The highest BCUT2D eigenvalue weighted by atomic mass is 32.2. The van der Waals surface area contributed by atoms with Crippen LogP contribution in [0.2, 0.25) is 0 Å². The first-order chi connectivity index (χ1) is 18.9. The molecule has 0 radical (unpaired) electrons. The van der Waals surface area contributed by atoms with Crippen molar-refractivity contribution in [2.24, 2.45) is 0 Å². The highest BCUT2D eigenvalue weighted by Crippen LogP contribution is 2.21. The van der Waals surface area contributed by atoms with Crippen molar-refractivity contribution < 1.29 is 28.9 Å². The molecule has 0 fully saturated rings. The summed E-state index contributed by atoms with van der Waals surface area (Å²) in [6.07, 6.45) is 1.30. The first-order valence-corrected chi connectivity index (χ1v) is 14.9. The molecule has 0 aliphatic heterocycles. The lowest BCUT2D eigenvalue weighted by Gasteiger charge is -2.13. The number of hydrogen-bond acceptors (Lipinski definition) is 8. The summed E-state index contributed by atoms with van der Waals surface area (Å²) in [4.78, 5) is 23.2. The Morgan fingerprint density at radius 2 is 1.15 bits per heavy atom. The smallest absolute Gasteiger partial charge is 0.319 e. The lowest BCUT2D eigenvalue weighted by atomic mass is 10.1. The summed E-state index contributed by atoms with van der Waals surface area (Å²) in [5.41, 5.74) is 3.27. The molecule has 0 heterocycles. The molecule has 0 amide bonds. The number of methoxy groups -OCH3 is 2. The summed E-state index contributed by atoms with van der Waals surface area (Å²) < 4.78 is 15.4. The normalized spacial score (nSPS) is 11.9. The van der Waals surface area contributed by atoms with Crippen LogP contribution in [-0.2, 0) is 38.5 Å². The van der Waals surface area contributed by atoms with Gasteiger partial charge in [-0.25, -0.2) is 0 Å². The Morgan fingerprint density at radius 1 is 0.692 bits per heavy atom. The van der Waals surface area contributed by atoms with E-state index < -0.39 is 0 Å². The molecule has 3 aromatic carbocycles. The maximum Gasteiger partial charge on any atom is 0.319 e. The number of thioether (sulfide) groups is 2. The van der Waals surface area contributed by atoms with Crippen LogP contribution in [-0.4, -0.2) is 53.3 Å². The average Bonchev–Trinajstić information content (AvgIpc) is 2.97. The standard InChI is InChI=1S/C19H22O3S.C12H16O3S/c1-3-23-18(19(20)21-2)13-15-9-11-17(12-10-15)22-14-16-7-5-4-6-8-16;1-3-16-11(12(14)15-2)8-9-4-6-10(13)7-5-9/h4-12,18H,3,13-14H2,1-2H3;4-7,11,13H,3,8H2,1-2H3. The zero-order valence-corrected chi connectivity index (χ0v) is 24.6. The molecule has 3 rings (SSSR count). The van der Waals surface area contributed by atoms with Crippen molar-refractivity contribution in [3.05, 3.63) is 95.6 Å². The van der Waals surface area contributed by atoms with Gasteiger partial charge < -0.3 is 19.3 Å². The Labute approximate surface area is 240 Å². The molecule has 0 spiro atoms. The van der Waals surface area contributed by atoms with E-state index in [0.29, 0.717) is 19.4 Å². The van der Waals surface area contributed by atoms with Crippen LogP contribution in [0, 0.1) is 0 Å². The molecule has 1 N–H and O–H groups in total. The van der Waals surface area contributed by atoms with Crippen LogP contribution in [0.5, 0.6) is 11.5 Å². The first-order valence-electron chi connectivity index (χ1n) is 12.8. The Kier molecular flexibility index (Phi) is 15.0. The van der Waals surface area contributed by atoms with Gasteiger partial charge in [0.05, 0.1) is 14.2 Å². The maximum absolute atomic E-state index is 11.8. The van der Waals surface area contributed by atoms with E-state index in [9.17, 15) is 9.59 Å². The molecule has 39 heavy (non-hydrogen) atoms. The third kappa shape index (κ3) is 12.1. The number of esters is 2. The summed E-state index contributed by atoms with van der Waals surface area (Å²) in [7, 11) is 2.84. The molecular weight excluding hydrogens is 532 g/mol. The average molecular weight is 571 g/mol. The second-order valence-electron chi connectivity index (χ2n) is 8.43. The Morgan fingerprint density at radius 3 is 1.59 bits per heavy atom. The van der Waals surface area contributed by atoms with Crippen LogP contribution >= 0.6 is 23.5 Å². The van der Waals surface area contributed by atoms with E-state index in [2.05, 4.69) is 0 Å². The van der Waals surface area contributed by atoms with Gasteiger partial charge in [-0.1, -0.05) is 68.4 Å². The minimum atomic E-state index is -0.195. The number of ether oxygens (including phenoxy) is 3. The summed E-state index contributed by atoms with van der Waals surface area (Å²) in [6, 6.07) is 24.9. The van der Waals surface area contributed by atoms with Gasteiger partial charge >= 0.3 is 11.9 Å². The van der Waals surface area contributed by atoms with Crippen molar-refractivity contribution in [1.29, 1.82) is 0 Å². The van der Waals surface area contributed by atoms with E-state index in [0.717, 1.165) is 33.9 Å². The third-order valence-electron chi connectivity index (χ3n) is 5.61. The Bertz CT molecular complexity index is 1100. The Balaban J connectivity index is 0.000000293. The van der Waals surface area contributed by atoms with Crippen molar-refractivity contribution in [3.63, 3.8) is 0 Å². The van der Waals surface area contributed by atoms with Gasteiger partial charge in [0, 0.05) is 0 Å². The van der Waals surface area contributed by atoms with E-state index in [1.807, 2.05) is 80.6 Å². The van der Waals surface area contributed by atoms with Crippen molar-refractivity contribution in [2.45, 2.75) is 43.8 Å². The molecule has 2 atom stereocenters. The van der Waals surface area contributed by atoms with Crippen LogP contribution in [0.3, 0.4) is 0 Å². The zero-order chi connectivity index (χ0) is 28.5. The summed E-state index contributed by atoms with van der Waals surface area (Å²) >= 11 is 3.18. The van der Waals surface area contributed by atoms with Gasteiger partial charge in [0.2, 0.25) is 0 Å². The molecule has 0 aliphatic carbocycles. The zero-order valence-electron chi connectivity index (χ0n) is 23.0. The van der Waals surface area contributed by atoms with Gasteiger partial charge in [0.1, 0.15) is 28.6 Å². The molecule has 2 unspecified atom stereocenters. The predicted molar refractivity (Wildman–Crippen MR) is 161 cm³/mol. The molecule has 0 bridgehead atoms. The van der Waals surface area contributed by atoms with Gasteiger partial charge in [0.25, 0.3) is 0 Å². The fourth-order valence-corrected chi connectivity index (χ4v) is 5.50. The topological polar surface area (TPSA) is 82.1 Å². The van der Waals surface area contributed by atoms with Gasteiger partial charge in [-0.2, -0.15) is 0 Å². The minimum absolute atomic E-state index is 0.152. The lowest BCUT2D eigenvalue weighted by molar-refractivity contribution is -0.140. The number of hydrogen-bond donors (Lipinski definition) is 1. The molecule has 0 aliphatic rings. The second kappa shape index (κ2) is 18.2. The van der Waals surface area contributed by atoms with Gasteiger partial charge in [0.15, 0.2) is 0 Å². The fourth-order valence-electron chi connectivity index (χ4n) is 3.61. The lowest BCUT2D eigenvalue weighted by Crippen LogP contribution is -2.21. The highest BCUT2D eigenvalue weighted by Gasteiger charge is 2.20. The molecule has 0 saturated carbocycles. The van der Waals surface area contributed by atoms with Crippen molar-refractivity contribution in [3.8, 4) is 11.5 Å². The largest absolute Gasteiger partial charge is 0.508 e. The SMILES string of the molecule is CCSC(Cc1ccc(O)cc1)C(=O)OC.CCSC(Cc1ccc(OCc2ccccc2)cc1)C(=O)OC. The van der Waals surface area contributed by atoms with Gasteiger partial charge in [-0.3, -0.25) is 9.59 Å². The van der Waals surface area contributed by atoms with Crippen LogP contribution in [0.15, 0.2) is 78.9 Å². The number of phenolic OH excluding ortho intramolecular Hbond substituents is 1. The molecule has 6 nitrogen and oxygen atoms in total. The predicted octanol–water partition coefficient (Wildman–Crippen LogP) is 6.33. The fraction of sp³-hybridized carbons (Fsp3) is 0.355. The molecule has 0 aromatic heterocycles.